The Labute approximate surface area is 205 Å². The van der Waals surface area contributed by atoms with E-state index in [0.717, 1.165) is 29.8 Å². The van der Waals surface area contributed by atoms with Gasteiger partial charge in [0.2, 0.25) is 5.82 Å². The molecule has 1 saturated carbocycles. The second-order valence-electron chi connectivity index (χ2n) is 9.86. The molecular formula is C27H21F2N5O2. The van der Waals surface area contributed by atoms with Gasteiger partial charge in [-0.1, -0.05) is 26.0 Å². The van der Waals surface area contributed by atoms with Gasteiger partial charge in [0.25, 0.3) is 0 Å². The minimum Gasteiger partial charge on any atom is -0.475 e. The van der Waals surface area contributed by atoms with E-state index in [2.05, 4.69) is 34.0 Å². The number of benzene rings is 1. The van der Waals surface area contributed by atoms with Crippen LogP contribution in [0.4, 0.5) is 8.78 Å². The van der Waals surface area contributed by atoms with E-state index in [4.69, 9.17) is 10.1 Å². The first-order valence-corrected chi connectivity index (χ1v) is 11.6. The number of hydrogen-bond donors (Lipinski definition) is 1. The highest BCUT2D eigenvalue weighted by Crippen LogP contribution is 2.69. The summed E-state index contributed by atoms with van der Waals surface area (Å²) in [6, 6.07) is 11.2. The summed E-state index contributed by atoms with van der Waals surface area (Å²) < 4.78 is 29.0. The van der Waals surface area contributed by atoms with Crippen LogP contribution in [-0.4, -0.2) is 36.2 Å². The summed E-state index contributed by atoms with van der Waals surface area (Å²) in [5.74, 6) is -2.70. The summed E-state index contributed by atoms with van der Waals surface area (Å²) in [6.07, 6.45) is 4.58. The summed E-state index contributed by atoms with van der Waals surface area (Å²) >= 11 is 0. The zero-order chi connectivity index (χ0) is 25.2. The summed E-state index contributed by atoms with van der Waals surface area (Å²) in [6.45, 7) is 4.35. The molecule has 1 N–H and O–H groups in total. The average molecular weight is 485 g/mol. The van der Waals surface area contributed by atoms with Gasteiger partial charge in [-0.15, -0.1) is 5.10 Å². The Morgan fingerprint density at radius 3 is 2.39 bits per heavy atom. The van der Waals surface area contributed by atoms with Crippen molar-refractivity contribution in [1.29, 1.82) is 0 Å². The average Bonchev–Trinajstić information content (AvgIpc) is 3.25. The minimum absolute atomic E-state index is 0.125. The van der Waals surface area contributed by atoms with Gasteiger partial charge in [0.1, 0.15) is 11.6 Å². The van der Waals surface area contributed by atoms with Crippen molar-refractivity contribution in [3.8, 4) is 22.5 Å². The molecule has 3 heterocycles. The van der Waals surface area contributed by atoms with E-state index < -0.39 is 23.0 Å². The molecule has 9 heteroatoms. The number of hydrogen-bond acceptors (Lipinski definition) is 6. The Balaban J connectivity index is 1.48. The zero-order valence-electron chi connectivity index (χ0n) is 19.5. The smallest absolute Gasteiger partial charge is 0.373 e. The van der Waals surface area contributed by atoms with Crippen LogP contribution in [0.3, 0.4) is 0 Å². The van der Waals surface area contributed by atoms with E-state index in [9.17, 15) is 13.6 Å². The van der Waals surface area contributed by atoms with E-state index in [1.165, 1.54) is 30.6 Å². The lowest BCUT2D eigenvalue weighted by Gasteiger charge is -2.37. The summed E-state index contributed by atoms with van der Waals surface area (Å²) in [5.41, 5.74) is 2.95. The first-order valence-electron chi connectivity index (χ1n) is 11.6. The molecule has 36 heavy (non-hydrogen) atoms. The van der Waals surface area contributed by atoms with E-state index >= 15 is 0 Å². The molecular weight excluding hydrogens is 464 g/mol. The molecule has 0 aliphatic heterocycles. The van der Waals surface area contributed by atoms with E-state index in [1.807, 2.05) is 18.2 Å². The number of nitrogens with zero attached hydrogens (tertiary/aromatic N) is 5. The van der Waals surface area contributed by atoms with Gasteiger partial charge < -0.3 is 5.11 Å². The minimum atomic E-state index is -1.20. The largest absolute Gasteiger partial charge is 0.475 e. The van der Waals surface area contributed by atoms with Gasteiger partial charge in [0.05, 0.1) is 33.8 Å². The van der Waals surface area contributed by atoms with Crippen molar-refractivity contribution >= 4 is 5.97 Å². The fraction of sp³-hybridized carbons (Fsp3) is 0.259. The van der Waals surface area contributed by atoms with Gasteiger partial charge in [-0.25, -0.2) is 23.5 Å². The first-order chi connectivity index (χ1) is 17.2. The van der Waals surface area contributed by atoms with Gasteiger partial charge in [-0.05, 0) is 60.1 Å². The molecule has 180 valence electrons. The van der Waals surface area contributed by atoms with Crippen molar-refractivity contribution in [2.45, 2.75) is 38.0 Å². The van der Waals surface area contributed by atoms with Crippen LogP contribution in [0, 0.1) is 17.0 Å². The first kappa shape index (κ1) is 22.3. The Morgan fingerprint density at radius 1 is 1.00 bits per heavy atom. The van der Waals surface area contributed by atoms with E-state index in [1.54, 1.807) is 6.07 Å². The molecule has 0 spiro atoms. The van der Waals surface area contributed by atoms with Crippen LogP contribution in [-0.2, 0) is 5.41 Å². The van der Waals surface area contributed by atoms with Crippen molar-refractivity contribution in [3.05, 3.63) is 89.3 Å². The number of carboxylic acid groups (broad SMARTS) is 1. The third-order valence-electron chi connectivity index (χ3n) is 7.93. The van der Waals surface area contributed by atoms with E-state index in [0.29, 0.717) is 11.3 Å². The Morgan fingerprint density at radius 2 is 1.69 bits per heavy atom. The Kier molecular flexibility index (Phi) is 4.76. The number of fused-ring (bicyclic) bond motifs is 5. The quantitative estimate of drug-likeness (QED) is 0.425. The predicted molar refractivity (Wildman–Crippen MR) is 126 cm³/mol. The van der Waals surface area contributed by atoms with Crippen molar-refractivity contribution < 1.29 is 18.7 Å². The molecule has 2 aliphatic carbocycles. The molecule has 0 radical (unpaired) electrons. The van der Waals surface area contributed by atoms with Crippen LogP contribution in [0.25, 0.3) is 22.5 Å². The van der Waals surface area contributed by atoms with E-state index in [-0.39, 0.29) is 28.4 Å². The molecule has 2 bridgehead atoms. The molecule has 3 aromatic heterocycles. The fourth-order valence-corrected chi connectivity index (χ4v) is 6.16. The lowest BCUT2D eigenvalue weighted by molar-refractivity contribution is 0.0683. The molecule has 2 aliphatic rings. The lowest BCUT2D eigenvalue weighted by Crippen LogP contribution is -2.37. The number of pyridine rings is 1. The monoisotopic (exact) mass is 485 g/mol. The normalized spacial score (nSPS) is 21.4. The highest BCUT2D eigenvalue weighted by atomic mass is 19.1. The molecule has 2 atom stereocenters. The van der Waals surface area contributed by atoms with Crippen LogP contribution in [0.15, 0.2) is 54.9 Å². The van der Waals surface area contributed by atoms with Gasteiger partial charge >= 0.3 is 5.97 Å². The van der Waals surface area contributed by atoms with Crippen LogP contribution in [0.1, 0.15) is 60.2 Å². The van der Waals surface area contributed by atoms with Crippen LogP contribution in [0.2, 0.25) is 0 Å². The molecule has 4 aromatic rings. The highest BCUT2D eigenvalue weighted by Gasteiger charge is 2.65. The molecule has 1 aromatic carbocycles. The van der Waals surface area contributed by atoms with Crippen molar-refractivity contribution in [3.63, 3.8) is 0 Å². The summed E-state index contributed by atoms with van der Waals surface area (Å²) in [5, 5.41) is 17.9. The molecule has 1 unspecified atom stereocenters. The number of carboxylic acids is 1. The van der Waals surface area contributed by atoms with Crippen molar-refractivity contribution in [1.82, 2.24) is 25.1 Å². The van der Waals surface area contributed by atoms with Crippen LogP contribution < -0.4 is 0 Å². The zero-order valence-corrected chi connectivity index (χ0v) is 19.5. The highest BCUT2D eigenvalue weighted by molar-refractivity contribution is 5.83. The summed E-state index contributed by atoms with van der Waals surface area (Å²) in [7, 11) is 0. The SMILES string of the molecule is CC1(C)C2CC[C@]1(c1cccc(-c3cnc(C(=O)O)nc3)n1)c1nnc(-c3c(F)cccc3F)cc12. The molecule has 1 fully saturated rings. The Hall–Kier alpha value is -4.14. The fourth-order valence-electron chi connectivity index (χ4n) is 6.16. The third-order valence-corrected chi connectivity index (χ3v) is 7.93. The summed E-state index contributed by atoms with van der Waals surface area (Å²) in [4.78, 5) is 23.9. The topological polar surface area (TPSA) is 102 Å². The molecule has 7 nitrogen and oxygen atoms in total. The van der Waals surface area contributed by atoms with Gasteiger partial charge in [0, 0.05) is 18.0 Å². The van der Waals surface area contributed by atoms with Gasteiger partial charge in [-0.3, -0.25) is 4.98 Å². The molecule has 6 rings (SSSR count). The maximum absolute atomic E-state index is 14.5. The second kappa shape index (κ2) is 7.68. The Bertz CT molecular complexity index is 1520. The number of halogens is 2. The van der Waals surface area contributed by atoms with Crippen LogP contribution in [0.5, 0.6) is 0 Å². The number of aromatic carboxylic acids is 1. The van der Waals surface area contributed by atoms with Crippen molar-refractivity contribution in [2.24, 2.45) is 5.41 Å². The number of carbonyl (C=O) groups is 1. The lowest BCUT2D eigenvalue weighted by atomic mass is 9.66. The third kappa shape index (κ3) is 2.95. The van der Waals surface area contributed by atoms with Gasteiger partial charge in [0.15, 0.2) is 0 Å². The number of rotatable bonds is 4. The van der Waals surface area contributed by atoms with Gasteiger partial charge in [-0.2, -0.15) is 5.10 Å². The standard InChI is InChI=1S/C27H21F2N5O2/c1-26(2)16-9-10-27(26,21-8-4-7-19(32-21)14-12-30-24(25(35)36)31-13-14)23-15(16)11-20(33-34-23)22-17(28)5-3-6-18(22)29/h3-8,11-13,16H,9-10H2,1-2H3,(H,35,36)/t16?,27-/m0/s1. The maximum Gasteiger partial charge on any atom is 0.373 e. The molecule has 0 amide bonds. The maximum atomic E-state index is 14.5. The predicted octanol–water partition coefficient (Wildman–Crippen LogP) is 5.18. The number of aromatic nitrogens is 5. The van der Waals surface area contributed by atoms with Crippen LogP contribution >= 0.6 is 0 Å². The second-order valence-corrected chi connectivity index (χ2v) is 9.86. The van der Waals surface area contributed by atoms with Crippen molar-refractivity contribution in [2.75, 3.05) is 0 Å². The molecule has 0 saturated heterocycles.